The molecule has 3 rings (SSSR count). The van der Waals surface area contributed by atoms with Crippen molar-refractivity contribution in [3.8, 4) is 0 Å². The maximum atomic E-state index is 10.9. The van der Waals surface area contributed by atoms with Gasteiger partial charge in [-0.1, -0.05) is 26.7 Å². The van der Waals surface area contributed by atoms with Gasteiger partial charge >= 0.3 is 0 Å². The van der Waals surface area contributed by atoms with Crippen LogP contribution >= 0.6 is 0 Å². The molecule has 3 aliphatic carbocycles. The van der Waals surface area contributed by atoms with Gasteiger partial charge < -0.3 is 9.84 Å². The lowest BCUT2D eigenvalue weighted by Gasteiger charge is -2.46. The van der Waals surface area contributed by atoms with Gasteiger partial charge in [-0.3, -0.25) is 0 Å². The van der Waals surface area contributed by atoms with Crippen LogP contribution in [0.4, 0.5) is 0 Å². The van der Waals surface area contributed by atoms with E-state index in [0.717, 1.165) is 18.3 Å². The highest BCUT2D eigenvalue weighted by atomic mass is 16.5. The second-order valence-corrected chi connectivity index (χ2v) is 6.88. The minimum atomic E-state index is -0.567. The summed E-state index contributed by atoms with van der Waals surface area (Å²) in [6.45, 7) is 5.25. The summed E-state index contributed by atoms with van der Waals surface area (Å²) < 4.78 is 5.29. The van der Waals surface area contributed by atoms with Gasteiger partial charge in [0.25, 0.3) is 0 Å². The van der Waals surface area contributed by atoms with Gasteiger partial charge in [0.2, 0.25) is 0 Å². The van der Waals surface area contributed by atoms with Crippen molar-refractivity contribution >= 4 is 0 Å². The van der Waals surface area contributed by atoms with Crippen LogP contribution in [0, 0.1) is 22.7 Å². The Hall–Kier alpha value is -0.0800. The molecule has 0 saturated heterocycles. The van der Waals surface area contributed by atoms with E-state index in [0.29, 0.717) is 12.0 Å². The van der Waals surface area contributed by atoms with E-state index in [1.165, 1.54) is 25.7 Å². The topological polar surface area (TPSA) is 29.5 Å². The summed E-state index contributed by atoms with van der Waals surface area (Å²) in [6.07, 6.45) is 6.23. The molecule has 16 heavy (non-hydrogen) atoms. The highest BCUT2D eigenvalue weighted by Gasteiger charge is 2.73. The second-order valence-electron chi connectivity index (χ2n) is 6.88. The number of hydrogen-bond acceptors (Lipinski definition) is 2. The van der Waals surface area contributed by atoms with Gasteiger partial charge in [-0.25, -0.2) is 0 Å². The van der Waals surface area contributed by atoms with Gasteiger partial charge in [-0.05, 0) is 36.5 Å². The molecule has 1 N–H and O–H groups in total. The summed E-state index contributed by atoms with van der Waals surface area (Å²) in [4.78, 5) is 0. The predicted molar refractivity (Wildman–Crippen MR) is 63.1 cm³/mol. The lowest BCUT2D eigenvalue weighted by atomic mass is 9.62. The Morgan fingerprint density at radius 3 is 2.69 bits per heavy atom. The summed E-state index contributed by atoms with van der Waals surface area (Å²) in [6, 6.07) is 0. The third kappa shape index (κ3) is 0.971. The van der Waals surface area contributed by atoms with Gasteiger partial charge in [-0.2, -0.15) is 0 Å². The Morgan fingerprint density at radius 2 is 2.06 bits per heavy atom. The molecule has 92 valence electrons. The maximum Gasteiger partial charge on any atom is 0.0941 e. The van der Waals surface area contributed by atoms with E-state index in [-0.39, 0.29) is 5.41 Å². The third-order valence-electron chi connectivity index (χ3n) is 6.56. The van der Waals surface area contributed by atoms with Crippen LogP contribution in [0.15, 0.2) is 0 Å². The zero-order valence-electron chi connectivity index (χ0n) is 10.8. The molecule has 0 aliphatic heterocycles. The molecule has 3 fully saturated rings. The van der Waals surface area contributed by atoms with Gasteiger partial charge in [0.05, 0.1) is 12.2 Å². The highest BCUT2D eigenvalue weighted by Crippen LogP contribution is 2.75. The molecule has 0 aromatic rings. The first-order valence-electron chi connectivity index (χ1n) is 6.68. The quantitative estimate of drug-likeness (QED) is 0.781. The zero-order valence-corrected chi connectivity index (χ0v) is 10.8. The molecule has 3 aliphatic rings. The molecule has 0 aromatic carbocycles. The molecule has 0 amide bonds. The number of hydrogen-bond donors (Lipinski definition) is 1. The van der Waals surface area contributed by atoms with E-state index < -0.39 is 5.60 Å². The average molecular weight is 224 g/mol. The van der Waals surface area contributed by atoms with E-state index in [1.54, 1.807) is 7.11 Å². The summed E-state index contributed by atoms with van der Waals surface area (Å²) in [5.41, 5.74) is -0.118. The first-order valence-corrected chi connectivity index (χ1v) is 6.68. The average Bonchev–Trinajstić information content (AvgIpc) is 2.46. The fourth-order valence-corrected chi connectivity index (χ4v) is 5.48. The Morgan fingerprint density at radius 1 is 1.31 bits per heavy atom. The summed E-state index contributed by atoms with van der Waals surface area (Å²) in [5.74, 6) is 1.62. The van der Waals surface area contributed by atoms with Crippen LogP contribution in [-0.4, -0.2) is 24.4 Å². The summed E-state index contributed by atoms with van der Waals surface area (Å²) in [5, 5.41) is 10.9. The molecule has 2 nitrogen and oxygen atoms in total. The van der Waals surface area contributed by atoms with E-state index in [1.807, 2.05) is 0 Å². The van der Waals surface area contributed by atoms with Crippen molar-refractivity contribution < 1.29 is 9.84 Å². The Balaban J connectivity index is 2.02. The van der Waals surface area contributed by atoms with Crippen LogP contribution in [0.3, 0.4) is 0 Å². The summed E-state index contributed by atoms with van der Waals surface area (Å²) >= 11 is 0. The van der Waals surface area contributed by atoms with E-state index >= 15 is 0 Å². The van der Waals surface area contributed by atoms with E-state index in [4.69, 9.17) is 4.74 Å². The minimum absolute atomic E-state index is 0.0852. The fourth-order valence-electron chi connectivity index (χ4n) is 5.48. The Bertz CT molecular complexity index is 316. The number of rotatable bonds is 2. The van der Waals surface area contributed by atoms with Gasteiger partial charge in [0.1, 0.15) is 0 Å². The molecule has 0 heterocycles. The Kier molecular flexibility index (Phi) is 2.09. The molecule has 5 atom stereocenters. The second kappa shape index (κ2) is 3.02. The van der Waals surface area contributed by atoms with Crippen LogP contribution in [0.1, 0.15) is 46.0 Å². The lowest BCUT2D eigenvalue weighted by molar-refractivity contribution is -0.131. The molecule has 0 radical (unpaired) electrons. The van der Waals surface area contributed by atoms with Crippen molar-refractivity contribution in [2.24, 2.45) is 22.7 Å². The molecular formula is C14H24O2. The van der Waals surface area contributed by atoms with Crippen molar-refractivity contribution in [2.45, 2.75) is 51.6 Å². The molecule has 3 saturated carbocycles. The monoisotopic (exact) mass is 224 g/mol. The van der Waals surface area contributed by atoms with Crippen molar-refractivity contribution in [1.29, 1.82) is 0 Å². The van der Waals surface area contributed by atoms with Crippen molar-refractivity contribution in [2.75, 3.05) is 13.7 Å². The smallest absolute Gasteiger partial charge is 0.0941 e. The van der Waals surface area contributed by atoms with Crippen LogP contribution < -0.4 is 0 Å². The fraction of sp³-hybridized carbons (Fsp3) is 1.00. The predicted octanol–water partition coefficient (Wildman–Crippen LogP) is 2.60. The number of ether oxygens (including phenoxy) is 1. The van der Waals surface area contributed by atoms with Crippen molar-refractivity contribution in [3.63, 3.8) is 0 Å². The van der Waals surface area contributed by atoms with Gasteiger partial charge in [0, 0.05) is 12.5 Å². The Labute approximate surface area is 98.4 Å². The molecular weight excluding hydrogens is 200 g/mol. The zero-order chi connectivity index (χ0) is 11.6. The first kappa shape index (κ1) is 11.0. The van der Waals surface area contributed by atoms with Gasteiger partial charge in [0.15, 0.2) is 0 Å². The number of methoxy groups -OCH3 is 1. The van der Waals surface area contributed by atoms with E-state index in [9.17, 15) is 5.11 Å². The minimum Gasteiger partial charge on any atom is -0.387 e. The first-order chi connectivity index (χ1) is 7.47. The molecule has 0 spiro atoms. The normalized spacial score (nSPS) is 59.2. The number of aliphatic hydroxyl groups is 1. The van der Waals surface area contributed by atoms with Crippen LogP contribution in [-0.2, 0) is 4.74 Å². The van der Waals surface area contributed by atoms with Crippen molar-refractivity contribution in [1.82, 2.24) is 0 Å². The standard InChI is InChI=1S/C14H24O2/c1-12-6-4-5-10-7-13(12,2)14(15,9-16-3)8-11(10)12/h10-11,15H,4-9H2,1-3H3/t10-,11+,12-,13-,14-/m0/s1. The molecule has 0 unspecified atom stereocenters. The SMILES string of the molecule is COC[C@@]1(O)C[C@@H]2[C@H]3CCC[C@]2(C)[C@]1(C)C3. The molecule has 0 aromatic heterocycles. The van der Waals surface area contributed by atoms with Crippen LogP contribution in [0.5, 0.6) is 0 Å². The molecule has 4 bridgehead atoms. The maximum absolute atomic E-state index is 10.9. The largest absolute Gasteiger partial charge is 0.387 e. The highest BCUT2D eigenvalue weighted by molar-refractivity contribution is 5.22. The van der Waals surface area contributed by atoms with Crippen LogP contribution in [0.25, 0.3) is 0 Å². The summed E-state index contributed by atoms with van der Waals surface area (Å²) in [7, 11) is 1.71. The van der Waals surface area contributed by atoms with E-state index in [2.05, 4.69) is 13.8 Å². The molecule has 2 heteroatoms. The third-order valence-corrected chi connectivity index (χ3v) is 6.56. The lowest BCUT2D eigenvalue weighted by Crippen LogP contribution is -2.50. The van der Waals surface area contributed by atoms with Crippen LogP contribution in [0.2, 0.25) is 0 Å². The van der Waals surface area contributed by atoms with Gasteiger partial charge in [-0.15, -0.1) is 0 Å². The van der Waals surface area contributed by atoms with Crippen molar-refractivity contribution in [3.05, 3.63) is 0 Å².